The Labute approximate surface area is 174 Å². The number of piperidine rings is 1. The van der Waals surface area contributed by atoms with E-state index in [9.17, 15) is 4.79 Å². The molecule has 2 aliphatic heterocycles. The number of rotatable bonds is 4. The third-order valence-electron chi connectivity index (χ3n) is 5.71. The first-order chi connectivity index (χ1) is 14.7. The van der Waals surface area contributed by atoms with Crippen LogP contribution in [0, 0.1) is 12.8 Å². The van der Waals surface area contributed by atoms with Gasteiger partial charge in [0.2, 0.25) is 6.23 Å². The number of amidine groups is 1. The van der Waals surface area contributed by atoms with Crippen molar-refractivity contribution in [2.75, 3.05) is 18.4 Å². The third kappa shape index (κ3) is 3.50. The van der Waals surface area contributed by atoms with Gasteiger partial charge < -0.3 is 20.8 Å². The third-order valence-corrected chi connectivity index (χ3v) is 5.71. The summed E-state index contributed by atoms with van der Waals surface area (Å²) in [4.78, 5) is 22.8. The van der Waals surface area contributed by atoms with E-state index in [2.05, 4.69) is 26.1 Å². The molecule has 1 amide bonds. The van der Waals surface area contributed by atoms with Crippen molar-refractivity contribution in [3.8, 4) is 0 Å². The van der Waals surface area contributed by atoms with Crippen LogP contribution < -0.4 is 16.0 Å². The Hall–Kier alpha value is -3.39. The summed E-state index contributed by atoms with van der Waals surface area (Å²) >= 11 is 0. The van der Waals surface area contributed by atoms with E-state index in [4.69, 9.17) is 4.84 Å². The van der Waals surface area contributed by atoms with Gasteiger partial charge in [0.05, 0.1) is 6.20 Å². The van der Waals surface area contributed by atoms with E-state index in [0.29, 0.717) is 17.4 Å². The molecule has 0 aliphatic carbocycles. The summed E-state index contributed by atoms with van der Waals surface area (Å²) in [6.45, 7) is 3.95. The number of aryl methyl sites for hydroxylation is 1. The monoisotopic (exact) mass is 404 g/mol. The predicted octanol–water partition coefficient (Wildman–Crippen LogP) is 2.50. The average Bonchev–Trinajstić information content (AvgIpc) is 3.43. The summed E-state index contributed by atoms with van der Waals surface area (Å²) in [5.41, 5.74) is 3.79. The summed E-state index contributed by atoms with van der Waals surface area (Å²) in [6, 6.07) is 11.5. The number of oxime groups is 1. The van der Waals surface area contributed by atoms with Gasteiger partial charge >= 0.3 is 0 Å². The number of nitrogens with one attached hydrogen (secondary N) is 3. The van der Waals surface area contributed by atoms with Crippen LogP contribution in [0.15, 0.2) is 53.9 Å². The lowest BCUT2D eigenvalue weighted by atomic mass is 9.97. The van der Waals surface area contributed by atoms with Gasteiger partial charge in [0.25, 0.3) is 5.91 Å². The number of carbonyl (C=O) groups is 1. The molecule has 0 saturated carbocycles. The van der Waals surface area contributed by atoms with Crippen molar-refractivity contribution in [2.24, 2.45) is 11.1 Å². The predicted molar refractivity (Wildman–Crippen MR) is 114 cm³/mol. The van der Waals surface area contributed by atoms with E-state index in [1.165, 1.54) is 0 Å². The Kier molecular flexibility index (Phi) is 4.84. The van der Waals surface area contributed by atoms with Crippen LogP contribution in [-0.4, -0.2) is 40.4 Å². The van der Waals surface area contributed by atoms with E-state index in [-0.39, 0.29) is 12.1 Å². The van der Waals surface area contributed by atoms with Gasteiger partial charge in [-0.2, -0.15) is 0 Å². The van der Waals surface area contributed by atoms with Gasteiger partial charge in [-0.15, -0.1) is 0 Å². The minimum atomic E-state index is -0.210. The van der Waals surface area contributed by atoms with Gasteiger partial charge in [-0.3, -0.25) is 9.20 Å². The maximum Gasteiger partial charge on any atom is 0.274 e. The number of amides is 1. The Morgan fingerprint density at radius 1 is 1.30 bits per heavy atom. The number of hydrogen-bond donors (Lipinski definition) is 3. The van der Waals surface area contributed by atoms with Gasteiger partial charge in [-0.1, -0.05) is 23.4 Å². The van der Waals surface area contributed by atoms with Crippen LogP contribution in [0.4, 0.5) is 5.69 Å². The van der Waals surface area contributed by atoms with Crippen LogP contribution in [-0.2, 0) is 4.84 Å². The van der Waals surface area contributed by atoms with Gasteiger partial charge in [-0.05, 0) is 50.1 Å². The number of carbonyl (C=O) groups excluding carboxylic acids is 1. The Morgan fingerprint density at radius 3 is 3.10 bits per heavy atom. The molecule has 8 nitrogen and oxygen atoms in total. The lowest BCUT2D eigenvalue weighted by Crippen LogP contribution is -2.43. The number of nitrogens with zero attached hydrogens (tertiary/aromatic N) is 3. The number of hydrogen-bond acceptors (Lipinski definition) is 6. The molecular weight excluding hydrogens is 380 g/mol. The largest absolute Gasteiger partial charge is 0.368 e. The Bertz CT molecular complexity index is 1120. The minimum Gasteiger partial charge on any atom is -0.368 e. The van der Waals surface area contributed by atoms with Crippen molar-refractivity contribution in [1.29, 1.82) is 0 Å². The molecule has 5 rings (SSSR count). The number of fused-ring (bicyclic) bond motifs is 1. The molecule has 154 valence electrons. The highest BCUT2D eigenvalue weighted by molar-refractivity contribution is 6.05. The van der Waals surface area contributed by atoms with Crippen molar-refractivity contribution in [3.63, 3.8) is 0 Å². The molecule has 2 atom stereocenters. The zero-order chi connectivity index (χ0) is 20.5. The standard InChI is InChI=1S/C22H24N6O2/c1-14-7-8-15(20-26-22(30-27-20)16-5-4-9-23-12-16)11-17(14)25-21(29)18-13-24-19-6-2-3-10-28(18)19/h2-3,6-8,10-11,13,16,22-23H,4-5,9,12H2,1H3,(H,25,29)(H,26,27)/t16-,22?/m1/s1. The van der Waals surface area contributed by atoms with Crippen LogP contribution in [0.1, 0.15) is 34.5 Å². The van der Waals surface area contributed by atoms with Crippen LogP contribution in [0.2, 0.25) is 0 Å². The average molecular weight is 404 g/mol. The van der Waals surface area contributed by atoms with Crippen molar-refractivity contribution < 1.29 is 9.63 Å². The van der Waals surface area contributed by atoms with Crippen molar-refractivity contribution in [1.82, 2.24) is 20.0 Å². The summed E-state index contributed by atoms with van der Waals surface area (Å²) in [7, 11) is 0. The van der Waals surface area contributed by atoms with Gasteiger partial charge in [0, 0.05) is 29.9 Å². The van der Waals surface area contributed by atoms with Crippen LogP contribution in [0.3, 0.4) is 0 Å². The molecule has 8 heteroatoms. The van der Waals surface area contributed by atoms with Crippen LogP contribution in [0.5, 0.6) is 0 Å². The molecule has 1 aromatic carbocycles. The second-order valence-corrected chi connectivity index (χ2v) is 7.77. The number of aromatic nitrogens is 2. The fourth-order valence-electron chi connectivity index (χ4n) is 3.96. The molecule has 0 bridgehead atoms. The minimum absolute atomic E-state index is 0.120. The highest BCUT2D eigenvalue weighted by Crippen LogP contribution is 2.23. The van der Waals surface area contributed by atoms with Gasteiger partial charge in [0.1, 0.15) is 11.3 Å². The smallest absolute Gasteiger partial charge is 0.274 e. The Balaban J connectivity index is 1.33. The number of benzene rings is 1. The van der Waals surface area contributed by atoms with Crippen LogP contribution in [0.25, 0.3) is 5.65 Å². The molecule has 2 aromatic heterocycles. The first kappa shape index (κ1) is 18.6. The van der Waals surface area contributed by atoms with Crippen molar-refractivity contribution >= 4 is 23.1 Å². The Morgan fingerprint density at radius 2 is 2.23 bits per heavy atom. The quantitative estimate of drug-likeness (QED) is 0.621. The number of anilines is 1. The van der Waals surface area contributed by atoms with E-state index in [0.717, 1.165) is 48.4 Å². The molecule has 3 aromatic rings. The molecule has 4 heterocycles. The first-order valence-electron chi connectivity index (χ1n) is 10.2. The molecule has 30 heavy (non-hydrogen) atoms. The topological polar surface area (TPSA) is 92.0 Å². The van der Waals surface area contributed by atoms with Gasteiger partial charge in [-0.25, -0.2) is 4.98 Å². The SMILES string of the molecule is Cc1ccc(C2=NOC([C@@H]3CCCNC3)N2)cc1NC(=O)c1cnc2ccccn12. The van der Waals surface area contributed by atoms with Crippen LogP contribution >= 0.6 is 0 Å². The van der Waals surface area contributed by atoms with Gasteiger partial charge in [0.15, 0.2) is 5.84 Å². The zero-order valence-electron chi connectivity index (χ0n) is 16.8. The van der Waals surface area contributed by atoms with Crippen molar-refractivity contribution in [3.05, 3.63) is 65.6 Å². The summed E-state index contributed by atoms with van der Waals surface area (Å²) < 4.78 is 1.77. The normalized spacial score (nSPS) is 21.0. The molecule has 2 aliphatic rings. The van der Waals surface area contributed by atoms with E-state index in [1.807, 2.05) is 49.5 Å². The molecule has 1 fully saturated rings. The first-order valence-corrected chi connectivity index (χ1v) is 10.2. The highest BCUT2D eigenvalue weighted by Gasteiger charge is 2.30. The highest BCUT2D eigenvalue weighted by atomic mass is 16.7. The number of imidazole rings is 1. The van der Waals surface area contributed by atoms with Crippen molar-refractivity contribution in [2.45, 2.75) is 26.0 Å². The second kappa shape index (κ2) is 7.79. The zero-order valence-corrected chi connectivity index (χ0v) is 16.8. The summed E-state index contributed by atoms with van der Waals surface area (Å²) in [5.74, 6) is 0.869. The number of pyridine rings is 1. The maximum absolute atomic E-state index is 12.9. The molecular formula is C22H24N6O2. The fraction of sp³-hybridized carbons (Fsp3) is 0.318. The molecule has 1 unspecified atom stereocenters. The second-order valence-electron chi connectivity index (χ2n) is 7.77. The summed E-state index contributed by atoms with van der Waals surface area (Å²) in [6.07, 6.45) is 5.55. The molecule has 0 spiro atoms. The van der Waals surface area contributed by atoms with E-state index >= 15 is 0 Å². The van der Waals surface area contributed by atoms with E-state index < -0.39 is 0 Å². The molecule has 1 saturated heterocycles. The molecule has 3 N–H and O–H groups in total. The summed E-state index contributed by atoms with van der Waals surface area (Å²) in [5, 5.41) is 14.1. The maximum atomic E-state index is 12.9. The lowest BCUT2D eigenvalue weighted by molar-refractivity contribution is 0.0193. The lowest BCUT2D eigenvalue weighted by Gasteiger charge is -2.26. The molecule has 0 radical (unpaired) electrons. The van der Waals surface area contributed by atoms with E-state index in [1.54, 1.807) is 10.6 Å². The fourth-order valence-corrected chi connectivity index (χ4v) is 3.96.